The van der Waals surface area contributed by atoms with Crippen LogP contribution in [-0.2, 0) is 32.3 Å². The van der Waals surface area contributed by atoms with Crippen LogP contribution in [0.1, 0.15) is 51.8 Å². The van der Waals surface area contributed by atoms with E-state index >= 15 is 4.39 Å². The molecule has 2 unspecified atom stereocenters. The number of anilines is 1. The fourth-order valence-corrected chi connectivity index (χ4v) is 8.74. The third-order valence-electron chi connectivity index (χ3n) is 9.14. The van der Waals surface area contributed by atoms with Gasteiger partial charge in [0, 0.05) is 42.3 Å². The number of hydrogen-bond acceptors (Lipinski definition) is 12. The molecule has 2 atom stereocenters. The molecular formula is C33H39FN7O8S2+. The smallest absolute Gasteiger partial charge is 0.352 e. The van der Waals surface area contributed by atoms with E-state index in [2.05, 4.69) is 15.5 Å². The zero-order chi connectivity index (χ0) is 37.0. The summed E-state index contributed by atoms with van der Waals surface area (Å²) in [5.74, 6) is -5.11. The van der Waals surface area contributed by atoms with Crippen molar-refractivity contribution in [3.8, 4) is 11.5 Å². The summed E-state index contributed by atoms with van der Waals surface area (Å²) in [4.78, 5) is 64.3. The van der Waals surface area contributed by atoms with E-state index in [1.165, 1.54) is 21.2 Å². The molecule has 51 heavy (non-hydrogen) atoms. The van der Waals surface area contributed by atoms with Gasteiger partial charge >= 0.3 is 5.97 Å². The molecule has 3 aliphatic heterocycles. The van der Waals surface area contributed by atoms with Crippen LogP contribution in [0.4, 0.5) is 9.52 Å². The number of carboxylic acid groups (broad SMARTS) is 1. The number of nitrogens with zero attached hydrogens (tertiary/aromatic N) is 5. The maximum absolute atomic E-state index is 15.0. The zero-order valence-corrected chi connectivity index (χ0v) is 30.1. The molecule has 0 spiro atoms. The molecular weight excluding hydrogens is 706 g/mol. The average molecular weight is 745 g/mol. The Balaban J connectivity index is 1.27. The number of rotatable bonds is 10. The topological polar surface area (TPSA) is 210 Å². The second kappa shape index (κ2) is 13.5. The minimum Gasteiger partial charge on any atom is -0.504 e. The maximum Gasteiger partial charge on any atom is 0.352 e. The Bertz CT molecular complexity index is 2070. The molecule has 0 bridgehead atoms. The number of amides is 2. The fraction of sp³-hybridized carbons (Fsp3) is 0.455. The number of aromatic hydroxyl groups is 2. The largest absolute Gasteiger partial charge is 0.504 e. The third kappa shape index (κ3) is 6.74. The van der Waals surface area contributed by atoms with E-state index in [1.807, 2.05) is 0 Å². The second-order valence-electron chi connectivity index (χ2n) is 13.9. The van der Waals surface area contributed by atoms with Gasteiger partial charge in [0.2, 0.25) is 0 Å². The molecule has 2 fully saturated rings. The van der Waals surface area contributed by atoms with Crippen molar-refractivity contribution in [3.05, 3.63) is 56.2 Å². The predicted octanol–water partition coefficient (Wildman–Crippen LogP) is 2.68. The number of carbonyl (C=O) groups excluding carboxylic acids is 2. The number of thiazole rings is 1. The summed E-state index contributed by atoms with van der Waals surface area (Å²) in [6, 6.07) is 0.0254. The van der Waals surface area contributed by atoms with Crippen molar-refractivity contribution in [1.29, 1.82) is 0 Å². The molecule has 0 saturated carbocycles. The lowest BCUT2D eigenvalue weighted by Gasteiger charge is -2.50. The number of nitrogens with two attached hydrogens (primary N) is 1. The molecule has 0 radical (unpaired) electrons. The van der Waals surface area contributed by atoms with Crippen LogP contribution in [0.3, 0.4) is 0 Å². The van der Waals surface area contributed by atoms with E-state index in [-0.39, 0.29) is 58.5 Å². The molecule has 6 rings (SSSR count). The van der Waals surface area contributed by atoms with Gasteiger partial charge in [0.25, 0.3) is 11.8 Å². The van der Waals surface area contributed by atoms with E-state index in [1.54, 1.807) is 39.3 Å². The number of hydrogen-bond donors (Lipinski definition) is 5. The molecule has 0 aliphatic carbocycles. The number of phenolic OH excluding ortho intramolecular Hbond substituents is 2. The first kappa shape index (κ1) is 36.1. The van der Waals surface area contributed by atoms with Gasteiger partial charge in [-0.1, -0.05) is 5.16 Å². The van der Waals surface area contributed by atoms with Crippen LogP contribution in [0, 0.1) is 5.82 Å². The highest BCUT2D eigenvalue weighted by Crippen LogP contribution is 2.42. The van der Waals surface area contributed by atoms with Crippen LogP contribution in [0.15, 0.2) is 38.9 Å². The first-order valence-corrected chi connectivity index (χ1v) is 18.3. The minimum absolute atomic E-state index is 0.0725. The Morgan fingerprint density at radius 2 is 1.92 bits per heavy atom. The van der Waals surface area contributed by atoms with E-state index in [9.17, 15) is 34.5 Å². The van der Waals surface area contributed by atoms with Crippen LogP contribution in [0.2, 0.25) is 0 Å². The first-order valence-electron chi connectivity index (χ1n) is 16.3. The number of phenols is 2. The lowest BCUT2D eigenvalue weighted by Crippen LogP contribution is -2.71. The van der Waals surface area contributed by atoms with Gasteiger partial charge in [-0.3, -0.25) is 19.3 Å². The number of nitrogen functional groups attached to an aromatic ring is 1. The SMILES string of the molecule is CCn1cc(C[N+]2(CC3=C(C(=O)O)N4C(=O)C(NC(=O)/C(=N\OC(C)(C)C)c5csc(N)n5)C4SC3)CCCC2)c(=O)c2cc(O)c(O)c(F)c21. The van der Waals surface area contributed by atoms with E-state index in [0.29, 0.717) is 28.7 Å². The maximum atomic E-state index is 15.0. The van der Waals surface area contributed by atoms with E-state index in [0.717, 1.165) is 30.2 Å². The van der Waals surface area contributed by atoms with Crippen molar-refractivity contribution in [3.63, 3.8) is 0 Å². The molecule has 2 saturated heterocycles. The summed E-state index contributed by atoms with van der Waals surface area (Å²) in [6.07, 6.45) is 3.21. The number of aryl methyl sites for hydroxylation is 1. The van der Waals surface area contributed by atoms with Crippen LogP contribution in [0.25, 0.3) is 10.9 Å². The number of fused-ring (bicyclic) bond motifs is 2. The number of pyridine rings is 1. The van der Waals surface area contributed by atoms with Gasteiger partial charge in [0.1, 0.15) is 41.5 Å². The number of aliphatic carboxylic acids is 1. The predicted molar refractivity (Wildman–Crippen MR) is 189 cm³/mol. The number of likely N-dealkylation sites (tertiary alicyclic amines) is 1. The standard InChI is InChI=1S/C33H38FN7O8S2/c1-5-39-11-16(26(43)18-10-20(42)27(44)21(34)25(18)39)12-41(8-6-7-9-41)13-17-14-50-30-23(29(46)40(30)24(17)31(47)48)37-28(45)22(38-49-33(2,3)4)19-15-51-32(35)36-19/h10-11,15,23,30H,5-9,12-14H2,1-4H3,(H5-,35,36,37,38,42,43,44,45,47,48)/p+1. The number of aromatic nitrogens is 2. The molecule has 3 aromatic rings. The molecule has 6 N–H and O–H groups in total. The monoisotopic (exact) mass is 744 g/mol. The highest BCUT2D eigenvalue weighted by Gasteiger charge is 2.55. The van der Waals surface area contributed by atoms with E-state index < -0.39 is 57.5 Å². The van der Waals surface area contributed by atoms with Crippen LogP contribution < -0.4 is 16.5 Å². The summed E-state index contributed by atoms with van der Waals surface area (Å²) >= 11 is 2.43. The third-order valence-corrected chi connectivity index (χ3v) is 11.2. The van der Waals surface area contributed by atoms with Crippen molar-refractivity contribution < 1.29 is 43.4 Å². The van der Waals surface area contributed by atoms with Gasteiger partial charge in [-0.2, -0.15) is 0 Å². The number of benzene rings is 1. The molecule has 15 nitrogen and oxygen atoms in total. The van der Waals surface area contributed by atoms with Crippen LogP contribution in [-0.4, -0.2) is 100 Å². The number of carbonyl (C=O) groups is 3. The first-order chi connectivity index (χ1) is 24.0. The summed E-state index contributed by atoms with van der Waals surface area (Å²) < 4.78 is 16.9. The van der Waals surface area contributed by atoms with Gasteiger partial charge in [-0.25, -0.2) is 14.2 Å². The van der Waals surface area contributed by atoms with Crippen molar-refractivity contribution in [1.82, 2.24) is 19.8 Å². The molecule has 3 aliphatic rings. The van der Waals surface area contributed by atoms with Crippen molar-refractivity contribution >= 4 is 62.6 Å². The Morgan fingerprint density at radius 1 is 1.22 bits per heavy atom. The summed E-state index contributed by atoms with van der Waals surface area (Å²) in [5, 5.41) is 38.2. The van der Waals surface area contributed by atoms with Gasteiger partial charge in [0.05, 0.1) is 29.6 Å². The number of quaternary nitrogens is 1. The molecule has 5 heterocycles. The number of β-lactam (4-membered cyclic amide) rings is 1. The Labute approximate surface area is 299 Å². The number of carboxylic acids is 1. The highest BCUT2D eigenvalue weighted by molar-refractivity contribution is 8.00. The quantitative estimate of drug-likeness (QED) is 0.0670. The van der Waals surface area contributed by atoms with E-state index in [4.69, 9.17) is 10.6 Å². The van der Waals surface area contributed by atoms with Gasteiger partial charge in [0.15, 0.2) is 33.6 Å². The van der Waals surface area contributed by atoms with Crippen molar-refractivity contribution in [2.45, 2.75) is 70.6 Å². The average Bonchev–Trinajstić information content (AvgIpc) is 3.71. The minimum atomic E-state index is -1.28. The number of halogens is 1. The lowest BCUT2D eigenvalue weighted by atomic mass is 10.0. The molecule has 2 amide bonds. The molecule has 272 valence electrons. The Kier molecular flexibility index (Phi) is 9.53. The zero-order valence-electron chi connectivity index (χ0n) is 28.4. The molecule has 18 heteroatoms. The summed E-state index contributed by atoms with van der Waals surface area (Å²) in [5.41, 5.74) is 5.16. The van der Waals surface area contributed by atoms with Crippen LogP contribution >= 0.6 is 23.1 Å². The number of oxime groups is 1. The van der Waals surface area contributed by atoms with Crippen molar-refractivity contribution in [2.24, 2.45) is 5.16 Å². The summed E-state index contributed by atoms with van der Waals surface area (Å²) in [7, 11) is 0. The lowest BCUT2D eigenvalue weighted by molar-refractivity contribution is -0.925. The molecule has 1 aromatic carbocycles. The highest BCUT2D eigenvalue weighted by atomic mass is 32.2. The van der Waals surface area contributed by atoms with Gasteiger partial charge < -0.3 is 40.3 Å². The normalized spacial score (nSPS) is 20.4. The van der Waals surface area contributed by atoms with Crippen molar-refractivity contribution in [2.75, 3.05) is 31.1 Å². The Morgan fingerprint density at radius 3 is 2.53 bits per heavy atom. The Hall–Kier alpha value is -4.68. The van der Waals surface area contributed by atoms with Gasteiger partial charge in [-0.15, -0.1) is 23.1 Å². The summed E-state index contributed by atoms with van der Waals surface area (Å²) in [6.45, 7) is 9.01. The van der Waals surface area contributed by atoms with Crippen LogP contribution in [0.5, 0.6) is 11.5 Å². The number of thioether (sulfide) groups is 1. The van der Waals surface area contributed by atoms with Gasteiger partial charge in [-0.05, 0) is 33.8 Å². The number of nitrogens with one attached hydrogen (secondary N) is 1. The fourth-order valence-electron chi connectivity index (χ4n) is 6.86. The second-order valence-corrected chi connectivity index (χ2v) is 15.9. The molecule has 2 aromatic heterocycles.